The first-order valence-corrected chi connectivity index (χ1v) is 10.5. The minimum Gasteiger partial charge on any atom is -0.496 e. The maximum Gasteiger partial charge on any atom is 0.416 e. The SMILES string of the molecule is COC(=O)c1c(NC(=O)c2ccccc2OC)sc(C(=O)Nc2cccc(C(F)(F)F)c2)c1C. The van der Waals surface area contributed by atoms with E-state index in [9.17, 15) is 27.6 Å². The molecule has 0 aliphatic rings. The Kier molecular flexibility index (Phi) is 7.26. The third-order valence-electron chi connectivity index (χ3n) is 4.77. The lowest BCUT2D eigenvalue weighted by atomic mass is 10.1. The van der Waals surface area contributed by atoms with Gasteiger partial charge < -0.3 is 20.1 Å². The first kappa shape index (κ1) is 24.8. The van der Waals surface area contributed by atoms with E-state index in [1.807, 2.05) is 0 Å². The molecule has 2 aromatic carbocycles. The molecule has 1 aromatic heterocycles. The fraction of sp³-hybridized carbons (Fsp3) is 0.174. The van der Waals surface area contributed by atoms with Crippen molar-refractivity contribution >= 4 is 39.8 Å². The fourth-order valence-electron chi connectivity index (χ4n) is 3.13. The predicted octanol–water partition coefficient (Wildman–Crippen LogP) is 5.38. The van der Waals surface area contributed by atoms with Crippen LogP contribution >= 0.6 is 11.3 Å². The van der Waals surface area contributed by atoms with E-state index in [-0.39, 0.29) is 32.3 Å². The molecule has 0 aliphatic heterocycles. The van der Waals surface area contributed by atoms with Crippen LogP contribution in [-0.2, 0) is 10.9 Å². The second-order valence-corrected chi connectivity index (χ2v) is 7.96. The molecule has 7 nitrogen and oxygen atoms in total. The van der Waals surface area contributed by atoms with Gasteiger partial charge in [-0.25, -0.2) is 4.79 Å². The smallest absolute Gasteiger partial charge is 0.416 e. The highest BCUT2D eigenvalue weighted by Gasteiger charge is 2.31. The summed E-state index contributed by atoms with van der Waals surface area (Å²) >= 11 is 0.796. The van der Waals surface area contributed by atoms with Crippen molar-refractivity contribution in [3.8, 4) is 5.75 Å². The number of thiophene rings is 1. The van der Waals surface area contributed by atoms with Gasteiger partial charge in [0.25, 0.3) is 11.8 Å². The maximum absolute atomic E-state index is 13.0. The molecular weight excluding hydrogens is 473 g/mol. The van der Waals surface area contributed by atoms with Gasteiger partial charge in [-0.2, -0.15) is 13.2 Å². The van der Waals surface area contributed by atoms with Gasteiger partial charge in [0.2, 0.25) is 0 Å². The minimum absolute atomic E-state index is 0.0214. The first-order chi connectivity index (χ1) is 16.1. The number of ether oxygens (including phenoxy) is 2. The number of hydrogen-bond donors (Lipinski definition) is 2. The molecule has 2 amide bonds. The van der Waals surface area contributed by atoms with Gasteiger partial charge in [-0.3, -0.25) is 9.59 Å². The zero-order valence-corrected chi connectivity index (χ0v) is 19.0. The van der Waals surface area contributed by atoms with E-state index in [0.29, 0.717) is 5.75 Å². The molecule has 178 valence electrons. The van der Waals surface area contributed by atoms with Crippen molar-refractivity contribution in [3.05, 3.63) is 75.7 Å². The maximum atomic E-state index is 13.0. The second-order valence-electron chi connectivity index (χ2n) is 6.94. The van der Waals surface area contributed by atoms with Gasteiger partial charge in [0.05, 0.1) is 35.8 Å². The zero-order valence-electron chi connectivity index (χ0n) is 18.2. The van der Waals surface area contributed by atoms with Gasteiger partial charge in [0.15, 0.2) is 0 Å². The molecule has 0 saturated carbocycles. The van der Waals surface area contributed by atoms with Crippen molar-refractivity contribution in [2.24, 2.45) is 0 Å². The Hall–Kier alpha value is -3.86. The highest BCUT2D eigenvalue weighted by molar-refractivity contribution is 7.19. The number of rotatable bonds is 6. The monoisotopic (exact) mass is 492 g/mol. The summed E-state index contributed by atoms with van der Waals surface area (Å²) in [5.74, 6) is -1.82. The standard InChI is InChI=1S/C23H19F3N2O5S/c1-12-17(22(31)33-3)21(28-19(29)15-9-4-5-10-16(15)32-2)34-18(12)20(30)27-14-8-6-7-13(11-14)23(24,25)26/h4-11H,1-3H3,(H,27,30)(H,28,29). The van der Waals surface area contributed by atoms with Crippen molar-refractivity contribution in [2.75, 3.05) is 24.9 Å². The number of benzene rings is 2. The normalized spacial score (nSPS) is 11.0. The van der Waals surface area contributed by atoms with Crippen molar-refractivity contribution in [3.63, 3.8) is 0 Å². The van der Waals surface area contributed by atoms with E-state index in [2.05, 4.69) is 10.6 Å². The molecule has 0 radical (unpaired) electrons. The van der Waals surface area contributed by atoms with Crippen molar-refractivity contribution in [1.82, 2.24) is 0 Å². The summed E-state index contributed by atoms with van der Waals surface area (Å²) in [4.78, 5) is 38.1. The quantitative estimate of drug-likeness (QED) is 0.451. The molecular formula is C23H19F3N2O5S. The average Bonchev–Trinajstić information content (AvgIpc) is 3.13. The molecule has 0 bridgehead atoms. The largest absolute Gasteiger partial charge is 0.496 e. The molecule has 0 fully saturated rings. The Labute approximate surface area is 196 Å². The van der Waals surface area contributed by atoms with Crippen LogP contribution in [0, 0.1) is 6.92 Å². The van der Waals surface area contributed by atoms with Gasteiger partial charge in [-0.1, -0.05) is 18.2 Å². The highest BCUT2D eigenvalue weighted by atomic mass is 32.1. The summed E-state index contributed by atoms with van der Waals surface area (Å²) in [5, 5.41) is 5.05. The van der Waals surface area contributed by atoms with E-state index in [1.165, 1.54) is 32.2 Å². The Morgan fingerprint density at radius 2 is 1.65 bits per heavy atom. The number of amides is 2. The highest BCUT2D eigenvalue weighted by Crippen LogP contribution is 2.36. The van der Waals surface area contributed by atoms with Crippen LogP contribution in [0.25, 0.3) is 0 Å². The number of carbonyl (C=O) groups excluding carboxylic acids is 3. The molecule has 0 spiro atoms. The van der Waals surface area contributed by atoms with E-state index in [4.69, 9.17) is 9.47 Å². The summed E-state index contributed by atoms with van der Waals surface area (Å²) in [5.41, 5.74) is -0.636. The van der Waals surface area contributed by atoms with Crippen LogP contribution in [0.3, 0.4) is 0 Å². The third kappa shape index (κ3) is 5.20. The number of esters is 1. The second kappa shape index (κ2) is 9.96. The summed E-state index contributed by atoms with van der Waals surface area (Å²) in [6.07, 6.45) is -4.58. The minimum atomic E-state index is -4.58. The number of methoxy groups -OCH3 is 2. The lowest BCUT2D eigenvalue weighted by molar-refractivity contribution is -0.137. The van der Waals surface area contributed by atoms with Crippen LogP contribution in [0.4, 0.5) is 23.9 Å². The molecule has 0 unspecified atom stereocenters. The Morgan fingerprint density at radius 3 is 2.29 bits per heavy atom. The number of hydrogen-bond acceptors (Lipinski definition) is 6. The summed E-state index contributed by atoms with van der Waals surface area (Å²) < 4.78 is 48.9. The summed E-state index contributed by atoms with van der Waals surface area (Å²) in [7, 11) is 2.55. The van der Waals surface area contributed by atoms with E-state index in [1.54, 1.807) is 18.2 Å². The number of para-hydroxylation sites is 1. The van der Waals surface area contributed by atoms with Crippen LogP contribution in [0.5, 0.6) is 5.75 Å². The lowest BCUT2D eigenvalue weighted by Gasteiger charge is -2.09. The third-order valence-corrected chi connectivity index (χ3v) is 5.97. The number of halogens is 3. The van der Waals surface area contributed by atoms with Crippen molar-refractivity contribution in [1.29, 1.82) is 0 Å². The molecule has 11 heteroatoms. The average molecular weight is 492 g/mol. The van der Waals surface area contributed by atoms with Crippen LogP contribution in [0.2, 0.25) is 0 Å². The Bertz CT molecular complexity index is 1250. The van der Waals surface area contributed by atoms with Crippen LogP contribution in [0.15, 0.2) is 48.5 Å². The van der Waals surface area contributed by atoms with E-state index in [0.717, 1.165) is 30.6 Å². The molecule has 2 N–H and O–H groups in total. The van der Waals surface area contributed by atoms with Gasteiger partial charge in [0, 0.05) is 5.69 Å². The number of nitrogens with one attached hydrogen (secondary N) is 2. The van der Waals surface area contributed by atoms with E-state index >= 15 is 0 Å². The molecule has 1 heterocycles. The Morgan fingerprint density at radius 1 is 0.941 bits per heavy atom. The van der Waals surface area contributed by atoms with Crippen LogP contribution < -0.4 is 15.4 Å². The lowest BCUT2D eigenvalue weighted by Crippen LogP contribution is -2.15. The molecule has 0 aliphatic carbocycles. The van der Waals surface area contributed by atoms with Crippen LogP contribution in [0.1, 0.15) is 41.5 Å². The number of anilines is 2. The molecule has 34 heavy (non-hydrogen) atoms. The van der Waals surface area contributed by atoms with Gasteiger partial charge in [-0.05, 0) is 42.8 Å². The first-order valence-electron chi connectivity index (χ1n) is 9.71. The van der Waals surface area contributed by atoms with Crippen molar-refractivity contribution < 1.29 is 37.0 Å². The number of carbonyl (C=O) groups is 3. The Balaban J connectivity index is 1.95. The van der Waals surface area contributed by atoms with Crippen molar-refractivity contribution in [2.45, 2.75) is 13.1 Å². The molecule has 3 aromatic rings. The predicted molar refractivity (Wildman–Crippen MR) is 121 cm³/mol. The van der Waals surface area contributed by atoms with Gasteiger partial charge in [-0.15, -0.1) is 11.3 Å². The summed E-state index contributed by atoms with van der Waals surface area (Å²) in [6, 6.07) is 10.6. The molecule has 0 atom stereocenters. The van der Waals surface area contributed by atoms with Gasteiger partial charge in [0.1, 0.15) is 10.8 Å². The van der Waals surface area contributed by atoms with Crippen LogP contribution in [-0.4, -0.2) is 32.0 Å². The fourth-order valence-corrected chi connectivity index (χ4v) is 4.22. The summed E-state index contributed by atoms with van der Waals surface area (Å²) in [6.45, 7) is 1.47. The molecule has 0 saturated heterocycles. The van der Waals surface area contributed by atoms with Gasteiger partial charge >= 0.3 is 12.1 Å². The topological polar surface area (TPSA) is 93.7 Å². The zero-order chi connectivity index (χ0) is 25.0. The van der Waals surface area contributed by atoms with E-state index < -0.39 is 29.5 Å². The number of alkyl halides is 3. The molecule has 3 rings (SSSR count).